The van der Waals surface area contributed by atoms with Gasteiger partial charge in [0.05, 0.1) is 6.61 Å². The van der Waals surface area contributed by atoms with Crippen molar-refractivity contribution in [3.63, 3.8) is 0 Å². The summed E-state index contributed by atoms with van der Waals surface area (Å²) in [6, 6.07) is 0.218. The van der Waals surface area contributed by atoms with Crippen LogP contribution in [0.15, 0.2) is 0 Å². The number of hydrogen-bond acceptors (Lipinski definition) is 4. The summed E-state index contributed by atoms with van der Waals surface area (Å²) in [5, 5.41) is 2.96. The molecule has 0 radical (unpaired) electrons. The quantitative estimate of drug-likeness (QED) is 0.779. The van der Waals surface area contributed by atoms with Gasteiger partial charge in [-0.15, -0.1) is 0 Å². The summed E-state index contributed by atoms with van der Waals surface area (Å²) in [4.78, 5) is 16.6. The second-order valence-electron chi connectivity index (χ2n) is 7.49. The lowest BCUT2D eigenvalue weighted by Crippen LogP contribution is -2.43. The molecule has 0 aliphatic heterocycles. The number of nitrogens with two attached hydrogens (primary N) is 1. The zero-order valence-corrected chi connectivity index (χ0v) is 13.5. The molecule has 0 heterocycles. The van der Waals surface area contributed by atoms with Crippen molar-refractivity contribution in [1.29, 1.82) is 0 Å². The second kappa shape index (κ2) is 6.76. The lowest BCUT2D eigenvalue weighted by atomic mass is 9.70. The number of ether oxygens (including phenoxy) is 1. The summed E-state index contributed by atoms with van der Waals surface area (Å²) in [5.74, 6) is 5.79. The Labute approximate surface area is 122 Å². The van der Waals surface area contributed by atoms with E-state index in [1.165, 1.54) is 0 Å². The molecule has 0 atom stereocenters. The van der Waals surface area contributed by atoms with Crippen molar-refractivity contribution >= 4 is 6.09 Å². The van der Waals surface area contributed by atoms with Crippen LogP contribution in [0, 0.1) is 11.3 Å². The number of carbonyl (C=O) groups excluding carboxylic acids is 1. The average Bonchev–Trinajstić information content (AvgIpc) is 2.26. The Morgan fingerprint density at radius 3 is 2.15 bits per heavy atom. The van der Waals surface area contributed by atoms with Crippen molar-refractivity contribution < 1.29 is 14.4 Å². The van der Waals surface area contributed by atoms with Gasteiger partial charge in [-0.3, -0.25) is 0 Å². The van der Waals surface area contributed by atoms with Crippen molar-refractivity contribution in [2.45, 2.75) is 71.9 Å². The predicted octanol–water partition coefficient (Wildman–Crippen LogP) is 2.99. The predicted molar refractivity (Wildman–Crippen MR) is 79.0 cm³/mol. The average molecular weight is 286 g/mol. The highest BCUT2D eigenvalue weighted by molar-refractivity contribution is 5.68. The molecule has 1 fully saturated rings. The van der Waals surface area contributed by atoms with Crippen LogP contribution in [-0.2, 0) is 9.57 Å². The Kier molecular flexibility index (Phi) is 5.83. The molecule has 5 nitrogen and oxygen atoms in total. The van der Waals surface area contributed by atoms with Gasteiger partial charge in [0.1, 0.15) is 5.60 Å². The van der Waals surface area contributed by atoms with Gasteiger partial charge in [0.15, 0.2) is 0 Å². The number of nitrogens with one attached hydrogen (secondary N) is 1. The zero-order chi connectivity index (χ0) is 15.4. The van der Waals surface area contributed by atoms with Gasteiger partial charge in [0.25, 0.3) is 0 Å². The molecule has 20 heavy (non-hydrogen) atoms. The summed E-state index contributed by atoms with van der Waals surface area (Å²) in [5.41, 5.74) is -0.354. The number of rotatable bonds is 4. The van der Waals surface area contributed by atoms with Crippen molar-refractivity contribution in [3.8, 4) is 0 Å². The third-order valence-electron chi connectivity index (χ3n) is 4.01. The number of amides is 1. The molecule has 0 bridgehead atoms. The second-order valence-corrected chi connectivity index (χ2v) is 7.49. The Bertz CT molecular complexity index is 316. The van der Waals surface area contributed by atoms with Crippen molar-refractivity contribution in [2.75, 3.05) is 6.61 Å². The highest BCUT2D eigenvalue weighted by Crippen LogP contribution is 2.38. The first-order valence-electron chi connectivity index (χ1n) is 7.45. The van der Waals surface area contributed by atoms with E-state index in [1.54, 1.807) is 0 Å². The number of carbonyl (C=O) groups is 1. The molecule has 1 amide bonds. The first-order valence-corrected chi connectivity index (χ1v) is 7.45. The lowest BCUT2D eigenvalue weighted by molar-refractivity contribution is 0.0116. The lowest BCUT2D eigenvalue weighted by Gasteiger charge is -2.38. The number of alkyl carbamates (subject to hydrolysis) is 1. The molecule has 1 aliphatic rings. The standard InChI is InChI=1S/C15H30N2O3/c1-14(2,3)20-13(18)17-12-8-6-11(7-9-12)15(4,5)10-19-16/h11-12H,6-10,16H2,1-5H3,(H,17,18). The highest BCUT2D eigenvalue weighted by atomic mass is 16.6. The third-order valence-corrected chi connectivity index (χ3v) is 4.01. The summed E-state index contributed by atoms with van der Waals surface area (Å²) in [6.45, 7) is 10.6. The van der Waals surface area contributed by atoms with E-state index in [2.05, 4.69) is 19.2 Å². The zero-order valence-electron chi connectivity index (χ0n) is 13.5. The molecule has 0 aromatic carbocycles. The molecular weight excluding hydrogens is 256 g/mol. The van der Waals surface area contributed by atoms with Crippen LogP contribution in [0.25, 0.3) is 0 Å². The van der Waals surface area contributed by atoms with E-state index < -0.39 is 5.60 Å². The molecule has 0 spiro atoms. The fourth-order valence-electron chi connectivity index (χ4n) is 2.83. The SMILES string of the molecule is CC(C)(C)OC(=O)NC1CCC(C(C)(C)CON)CC1. The molecule has 5 heteroatoms. The van der Waals surface area contributed by atoms with Gasteiger partial charge in [0, 0.05) is 6.04 Å². The van der Waals surface area contributed by atoms with Gasteiger partial charge in [-0.1, -0.05) is 13.8 Å². The molecule has 0 saturated heterocycles. The molecule has 1 aliphatic carbocycles. The monoisotopic (exact) mass is 286 g/mol. The smallest absolute Gasteiger partial charge is 0.407 e. The van der Waals surface area contributed by atoms with Crippen molar-refractivity contribution in [1.82, 2.24) is 5.32 Å². The molecular formula is C15H30N2O3. The van der Waals surface area contributed by atoms with Crippen LogP contribution in [0.4, 0.5) is 4.79 Å². The van der Waals surface area contributed by atoms with Crippen LogP contribution in [0.2, 0.25) is 0 Å². The minimum absolute atomic E-state index is 0.0889. The maximum Gasteiger partial charge on any atom is 0.407 e. The number of hydrogen-bond donors (Lipinski definition) is 2. The first kappa shape index (κ1) is 17.2. The maximum absolute atomic E-state index is 11.7. The molecule has 1 saturated carbocycles. The van der Waals surface area contributed by atoms with Crippen LogP contribution in [0.1, 0.15) is 60.3 Å². The minimum Gasteiger partial charge on any atom is -0.444 e. The molecule has 118 valence electrons. The molecule has 0 aromatic rings. The van der Waals surface area contributed by atoms with Crippen molar-refractivity contribution in [2.24, 2.45) is 17.2 Å². The van der Waals surface area contributed by atoms with Gasteiger partial charge in [-0.25, -0.2) is 10.7 Å². The van der Waals surface area contributed by atoms with Gasteiger partial charge in [-0.2, -0.15) is 0 Å². The fourth-order valence-corrected chi connectivity index (χ4v) is 2.83. The Balaban J connectivity index is 2.37. The third kappa shape index (κ3) is 5.67. The molecule has 0 aromatic heterocycles. The van der Waals surface area contributed by atoms with E-state index in [4.69, 9.17) is 15.5 Å². The van der Waals surface area contributed by atoms with Gasteiger partial charge in [0.2, 0.25) is 0 Å². The fraction of sp³-hybridized carbons (Fsp3) is 0.933. The summed E-state index contributed by atoms with van der Waals surface area (Å²) in [7, 11) is 0. The molecule has 0 unspecified atom stereocenters. The molecule has 1 rings (SSSR count). The Morgan fingerprint density at radius 1 is 1.15 bits per heavy atom. The van der Waals surface area contributed by atoms with Crippen LogP contribution >= 0.6 is 0 Å². The van der Waals surface area contributed by atoms with Gasteiger partial charge in [-0.05, 0) is 57.8 Å². The van der Waals surface area contributed by atoms with E-state index >= 15 is 0 Å². The highest BCUT2D eigenvalue weighted by Gasteiger charge is 2.34. The van der Waals surface area contributed by atoms with Crippen LogP contribution < -0.4 is 11.2 Å². The minimum atomic E-state index is -0.443. The largest absolute Gasteiger partial charge is 0.444 e. The summed E-state index contributed by atoms with van der Waals surface area (Å²) in [6.07, 6.45) is 3.81. The van der Waals surface area contributed by atoms with E-state index in [-0.39, 0.29) is 17.6 Å². The van der Waals surface area contributed by atoms with Crippen molar-refractivity contribution in [3.05, 3.63) is 0 Å². The summed E-state index contributed by atoms with van der Waals surface area (Å²) >= 11 is 0. The van der Waals surface area contributed by atoms with Gasteiger partial charge < -0.3 is 14.9 Å². The van der Waals surface area contributed by atoms with Crippen LogP contribution in [0.5, 0.6) is 0 Å². The van der Waals surface area contributed by atoms with E-state index in [0.29, 0.717) is 12.5 Å². The maximum atomic E-state index is 11.7. The van der Waals surface area contributed by atoms with E-state index in [9.17, 15) is 4.79 Å². The normalized spacial score (nSPS) is 24.3. The Morgan fingerprint density at radius 2 is 1.70 bits per heavy atom. The van der Waals surface area contributed by atoms with Gasteiger partial charge >= 0.3 is 6.09 Å². The van der Waals surface area contributed by atoms with Crippen LogP contribution in [0.3, 0.4) is 0 Å². The van der Waals surface area contributed by atoms with Crippen LogP contribution in [-0.4, -0.2) is 24.3 Å². The van der Waals surface area contributed by atoms with E-state index in [0.717, 1.165) is 25.7 Å². The topological polar surface area (TPSA) is 73.6 Å². The summed E-state index contributed by atoms with van der Waals surface area (Å²) < 4.78 is 5.29. The Hall–Kier alpha value is -0.810. The molecule has 3 N–H and O–H groups in total. The van der Waals surface area contributed by atoms with E-state index in [1.807, 2.05) is 20.8 Å². The first-order chi connectivity index (χ1) is 9.14.